The molecule has 1 saturated heterocycles. The van der Waals surface area contributed by atoms with E-state index < -0.39 is 0 Å². The molecule has 1 N–H and O–H groups in total. The fourth-order valence-corrected chi connectivity index (χ4v) is 2.92. The van der Waals surface area contributed by atoms with Crippen molar-refractivity contribution in [2.45, 2.75) is 31.7 Å². The van der Waals surface area contributed by atoms with Gasteiger partial charge in [-0.2, -0.15) is 0 Å². The van der Waals surface area contributed by atoms with Gasteiger partial charge in [0, 0.05) is 12.6 Å². The van der Waals surface area contributed by atoms with E-state index in [9.17, 15) is 0 Å². The summed E-state index contributed by atoms with van der Waals surface area (Å²) in [4.78, 5) is 2.47. The minimum absolute atomic E-state index is 0.804. The van der Waals surface area contributed by atoms with Crippen LogP contribution in [0.25, 0.3) is 0 Å². The van der Waals surface area contributed by atoms with Gasteiger partial charge in [-0.1, -0.05) is 6.42 Å². The molecule has 2 unspecified atom stereocenters. The number of rotatable bonds is 3. The zero-order valence-electron chi connectivity index (χ0n) is 8.92. The first kappa shape index (κ1) is 9.47. The fourth-order valence-electron chi connectivity index (χ4n) is 2.92. The van der Waals surface area contributed by atoms with Crippen LogP contribution in [0.4, 0.5) is 0 Å². The highest BCUT2D eigenvalue weighted by Crippen LogP contribution is 2.35. The van der Waals surface area contributed by atoms with Gasteiger partial charge in [0.1, 0.15) is 0 Å². The molecule has 0 radical (unpaired) electrons. The van der Waals surface area contributed by atoms with Crippen LogP contribution in [0.5, 0.6) is 0 Å². The van der Waals surface area contributed by atoms with Crippen molar-refractivity contribution >= 4 is 0 Å². The van der Waals surface area contributed by atoms with E-state index in [1.807, 2.05) is 0 Å². The van der Waals surface area contributed by atoms with Gasteiger partial charge in [-0.05, 0) is 51.7 Å². The van der Waals surface area contributed by atoms with Crippen LogP contribution in [0.15, 0.2) is 0 Å². The molecule has 0 aromatic carbocycles. The summed E-state index contributed by atoms with van der Waals surface area (Å²) < 4.78 is 0. The first-order chi connectivity index (χ1) is 6.31. The van der Waals surface area contributed by atoms with Gasteiger partial charge in [-0.25, -0.2) is 0 Å². The number of nitrogens with one attached hydrogen (secondary N) is 1. The molecule has 0 aromatic heterocycles. The van der Waals surface area contributed by atoms with Crippen LogP contribution in [0.3, 0.4) is 0 Å². The van der Waals surface area contributed by atoms with E-state index in [4.69, 9.17) is 0 Å². The maximum atomic E-state index is 3.54. The SMILES string of the molecule is CNC(C1CCC1)C1CCN(C)C1. The van der Waals surface area contributed by atoms with Crippen LogP contribution >= 0.6 is 0 Å². The van der Waals surface area contributed by atoms with Crippen molar-refractivity contribution in [1.82, 2.24) is 10.2 Å². The third-order valence-electron chi connectivity index (χ3n) is 3.93. The fraction of sp³-hybridized carbons (Fsp3) is 1.00. The van der Waals surface area contributed by atoms with Crippen molar-refractivity contribution in [2.75, 3.05) is 27.2 Å². The van der Waals surface area contributed by atoms with Crippen molar-refractivity contribution in [3.05, 3.63) is 0 Å². The van der Waals surface area contributed by atoms with Crippen molar-refractivity contribution in [1.29, 1.82) is 0 Å². The Morgan fingerprint density at radius 3 is 2.38 bits per heavy atom. The van der Waals surface area contributed by atoms with Crippen LogP contribution in [0, 0.1) is 11.8 Å². The first-order valence-electron chi connectivity index (χ1n) is 5.67. The smallest absolute Gasteiger partial charge is 0.0133 e. The quantitative estimate of drug-likeness (QED) is 0.708. The number of hydrogen-bond donors (Lipinski definition) is 1. The molecule has 13 heavy (non-hydrogen) atoms. The highest BCUT2D eigenvalue weighted by Gasteiger charge is 2.34. The van der Waals surface area contributed by atoms with E-state index in [0.29, 0.717) is 0 Å². The van der Waals surface area contributed by atoms with Crippen LogP contribution in [0.2, 0.25) is 0 Å². The predicted molar refractivity (Wildman–Crippen MR) is 55.8 cm³/mol. The summed E-state index contributed by atoms with van der Waals surface area (Å²) in [6.45, 7) is 2.61. The topological polar surface area (TPSA) is 15.3 Å². The van der Waals surface area contributed by atoms with E-state index in [2.05, 4.69) is 24.3 Å². The molecule has 76 valence electrons. The Bertz CT molecular complexity index is 165. The van der Waals surface area contributed by atoms with Gasteiger partial charge in [-0.3, -0.25) is 0 Å². The van der Waals surface area contributed by atoms with E-state index in [-0.39, 0.29) is 0 Å². The summed E-state index contributed by atoms with van der Waals surface area (Å²) in [5, 5.41) is 3.54. The van der Waals surface area contributed by atoms with Gasteiger partial charge >= 0.3 is 0 Å². The van der Waals surface area contributed by atoms with E-state index >= 15 is 0 Å². The summed E-state index contributed by atoms with van der Waals surface area (Å²) in [7, 11) is 4.38. The Morgan fingerprint density at radius 2 is 2.00 bits per heavy atom. The lowest BCUT2D eigenvalue weighted by atomic mass is 9.75. The normalized spacial score (nSPS) is 33.2. The molecule has 0 bridgehead atoms. The van der Waals surface area contributed by atoms with Gasteiger partial charge < -0.3 is 10.2 Å². The summed E-state index contributed by atoms with van der Waals surface area (Å²) in [6, 6.07) is 0.804. The first-order valence-corrected chi connectivity index (χ1v) is 5.67. The molecule has 0 spiro atoms. The van der Waals surface area contributed by atoms with Gasteiger partial charge in [0.15, 0.2) is 0 Å². The van der Waals surface area contributed by atoms with E-state index in [1.165, 1.54) is 38.8 Å². The van der Waals surface area contributed by atoms with Crippen LogP contribution in [0.1, 0.15) is 25.7 Å². The third-order valence-corrected chi connectivity index (χ3v) is 3.93. The Labute approximate surface area is 81.7 Å². The molecule has 2 heteroatoms. The Balaban J connectivity index is 1.88. The summed E-state index contributed by atoms with van der Waals surface area (Å²) in [5.74, 6) is 1.90. The van der Waals surface area contributed by atoms with Crippen LogP contribution < -0.4 is 5.32 Å². The van der Waals surface area contributed by atoms with E-state index in [0.717, 1.165) is 17.9 Å². The molecule has 1 saturated carbocycles. The van der Waals surface area contributed by atoms with Crippen molar-refractivity contribution in [3.8, 4) is 0 Å². The van der Waals surface area contributed by atoms with Crippen molar-refractivity contribution < 1.29 is 0 Å². The molecular formula is C11H22N2. The monoisotopic (exact) mass is 182 g/mol. The second-order valence-corrected chi connectivity index (χ2v) is 4.82. The standard InChI is InChI=1S/C11H22N2/c1-12-11(9-4-3-5-9)10-6-7-13(2)8-10/h9-12H,3-8H2,1-2H3. The molecule has 1 aliphatic heterocycles. The zero-order valence-corrected chi connectivity index (χ0v) is 8.92. The molecule has 2 aliphatic rings. The lowest BCUT2D eigenvalue weighted by Crippen LogP contribution is -2.43. The maximum Gasteiger partial charge on any atom is 0.0133 e. The van der Waals surface area contributed by atoms with Gasteiger partial charge in [0.2, 0.25) is 0 Å². The highest BCUT2D eigenvalue weighted by molar-refractivity contribution is 4.90. The minimum atomic E-state index is 0.804. The van der Waals surface area contributed by atoms with Gasteiger partial charge in [0.25, 0.3) is 0 Å². The zero-order chi connectivity index (χ0) is 9.26. The Kier molecular flexibility index (Phi) is 2.89. The maximum absolute atomic E-state index is 3.54. The third kappa shape index (κ3) is 1.89. The predicted octanol–water partition coefficient (Wildman–Crippen LogP) is 1.33. The van der Waals surface area contributed by atoms with Gasteiger partial charge in [-0.15, -0.1) is 0 Å². The van der Waals surface area contributed by atoms with Crippen molar-refractivity contribution in [2.24, 2.45) is 11.8 Å². The second kappa shape index (κ2) is 3.97. The van der Waals surface area contributed by atoms with Crippen molar-refractivity contribution in [3.63, 3.8) is 0 Å². The highest BCUT2D eigenvalue weighted by atomic mass is 15.1. The largest absolute Gasteiger partial charge is 0.316 e. The molecule has 2 nitrogen and oxygen atoms in total. The molecular weight excluding hydrogens is 160 g/mol. The number of hydrogen-bond acceptors (Lipinski definition) is 2. The lowest BCUT2D eigenvalue weighted by Gasteiger charge is -2.37. The summed E-state index contributed by atoms with van der Waals surface area (Å²) in [5.41, 5.74) is 0. The molecule has 0 amide bonds. The molecule has 0 aromatic rings. The second-order valence-electron chi connectivity index (χ2n) is 4.82. The summed E-state index contributed by atoms with van der Waals surface area (Å²) in [6.07, 6.45) is 5.79. The minimum Gasteiger partial charge on any atom is -0.316 e. The molecule has 2 rings (SSSR count). The number of nitrogens with zero attached hydrogens (tertiary/aromatic N) is 1. The molecule has 2 fully saturated rings. The number of likely N-dealkylation sites (tertiary alicyclic amines) is 1. The molecule has 1 heterocycles. The van der Waals surface area contributed by atoms with Gasteiger partial charge in [0.05, 0.1) is 0 Å². The molecule has 1 aliphatic carbocycles. The Hall–Kier alpha value is -0.0800. The van der Waals surface area contributed by atoms with Crippen LogP contribution in [-0.2, 0) is 0 Å². The van der Waals surface area contributed by atoms with Crippen LogP contribution in [-0.4, -0.2) is 38.1 Å². The summed E-state index contributed by atoms with van der Waals surface area (Å²) >= 11 is 0. The average molecular weight is 182 g/mol. The van der Waals surface area contributed by atoms with E-state index in [1.54, 1.807) is 0 Å². The average Bonchev–Trinajstić information content (AvgIpc) is 2.43. The molecule has 2 atom stereocenters. The lowest BCUT2D eigenvalue weighted by molar-refractivity contribution is 0.182. The Morgan fingerprint density at radius 1 is 1.23 bits per heavy atom.